The first-order valence-electron chi connectivity index (χ1n) is 8.19. The van der Waals surface area contributed by atoms with Crippen LogP contribution in [-0.4, -0.2) is 70.6 Å². The maximum Gasteiger partial charge on any atom is 0.317 e. The summed E-state index contributed by atoms with van der Waals surface area (Å²) in [7, 11) is -0.828. The van der Waals surface area contributed by atoms with Crippen molar-refractivity contribution < 1.29 is 22.7 Å². The smallest absolute Gasteiger partial charge is 0.317 e. The number of amides is 2. The van der Waals surface area contributed by atoms with E-state index in [4.69, 9.17) is 9.47 Å². The van der Waals surface area contributed by atoms with Gasteiger partial charge in [-0.2, -0.15) is 4.31 Å². The lowest BCUT2D eigenvalue weighted by Crippen LogP contribution is -2.53. The minimum atomic E-state index is -3.73. The van der Waals surface area contributed by atoms with Crippen LogP contribution in [0.5, 0.6) is 11.5 Å². The summed E-state index contributed by atoms with van der Waals surface area (Å²) in [5.41, 5.74) is 0. The molecule has 0 spiro atoms. The second-order valence-electron chi connectivity index (χ2n) is 5.64. The lowest BCUT2D eigenvalue weighted by molar-refractivity contribution is 0.172. The first-order valence-corrected chi connectivity index (χ1v) is 9.63. The highest BCUT2D eigenvalue weighted by Gasteiger charge is 2.32. The molecule has 1 aliphatic rings. The average Bonchev–Trinajstić information content (AvgIpc) is 2.65. The topological polar surface area (TPSA) is 88.2 Å². The van der Waals surface area contributed by atoms with Gasteiger partial charge >= 0.3 is 6.03 Å². The summed E-state index contributed by atoms with van der Waals surface area (Å²) in [6.45, 7) is 3.76. The number of ether oxygens (including phenoxy) is 2. The van der Waals surface area contributed by atoms with Crippen LogP contribution in [0.25, 0.3) is 0 Å². The second kappa shape index (κ2) is 8.39. The summed E-state index contributed by atoms with van der Waals surface area (Å²) in [5.74, 6) is 0.709. The van der Waals surface area contributed by atoms with Crippen LogP contribution in [-0.2, 0) is 10.0 Å². The Labute approximate surface area is 148 Å². The van der Waals surface area contributed by atoms with Gasteiger partial charge in [0.15, 0.2) is 0 Å². The van der Waals surface area contributed by atoms with Crippen LogP contribution in [0.3, 0.4) is 0 Å². The van der Waals surface area contributed by atoms with Crippen molar-refractivity contribution in [3.8, 4) is 11.5 Å². The number of methoxy groups -OCH3 is 2. The second-order valence-corrected chi connectivity index (χ2v) is 7.55. The molecule has 0 saturated carbocycles. The van der Waals surface area contributed by atoms with Crippen LogP contribution in [0.15, 0.2) is 23.1 Å². The van der Waals surface area contributed by atoms with Crippen molar-refractivity contribution in [1.29, 1.82) is 0 Å². The molecule has 1 aliphatic heterocycles. The Balaban J connectivity index is 2.13. The molecule has 9 heteroatoms. The molecule has 2 amide bonds. The summed E-state index contributed by atoms with van der Waals surface area (Å²) >= 11 is 0. The van der Waals surface area contributed by atoms with E-state index in [-0.39, 0.29) is 29.8 Å². The van der Waals surface area contributed by atoms with E-state index in [9.17, 15) is 13.2 Å². The fourth-order valence-electron chi connectivity index (χ4n) is 2.60. The third-order valence-corrected chi connectivity index (χ3v) is 5.96. The quantitative estimate of drug-likeness (QED) is 0.810. The highest BCUT2D eigenvalue weighted by atomic mass is 32.2. The summed E-state index contributed by atoms with van der Waals surface area (Å²) in [4.78, 5) is 13.7. The Hall–Kier alpha value is -2.00. The highest BCUT2D eigenvalue weighted by Crippen LogP contribution is 2.31. The van der Waals surface area contributed by atoms with Crippen molar-refractivity contribution >= 4 is 16.1 Å². The van der Waals surface area contributed by atoms with Gasteiger partial charge in [-0.1, -0.05) is 6.92 Å². The van der Waals surface area contributed by atoms with Crippen LogP contribution < -0.4 is 14.8 Å². The lowest BCUT2D eigenvalue weighted by atomic mass is 10.3. The molecule has 0 aromatic heterocycles. The number of urea groups is 1. The van der Waals surface area contributed by atoms with E-state index in [1.54, 1.807) is 17.0 Å². The third-order valence-electron chi connectivity index (χ3n) is 4.04. The predicted molar refractivity (Wildman–Crippen MR) is 93.6 cm³/mol. The molecule has 1 N–H and O–H groups in total. The van der Waals surface area contributed by atoms with E-state index in [0.29, 0.717) is 25.4 Å². The van der Waals surface area contributed by atoms with Gasteiger partial charge in [0.1, 0.15) is 16.4 Å². The fraction of sp³-hybridized carbons (Fsp3) is 0.562. The monoisotopic (exact) mass is 371 g/mol. The normalized spacial score (nSPS) is 15.7. The van der Waals surface area contributed by atoms with E-state index >= 15 is 0 Å². The zero-order chi connectivity index (χ0) is 18.4. The van der Waals surface area contributed by atoms with Crippen molar-refractivity contribution in [1.82, 2.24) is 14.5 Å². The largest absolute Gasteiger partial charge is 0.497 e. The summed E-state index contributed by atoms with van der Waals surface area (Å²) in [6, 6.07) is 4.51. The van der Waals surface area contributed by atoms with Crippen molar-refractivity contribution in [2.45, 2.75) is 18.2 Å². The number of sulfonamides is 1. The van der Waals surface area contributed by atoms with Crippen molar-refractivity contribution in [2.24, 2.45) is 0 Å². The number of carbonyl (C=O) groups excluding carboxylic acids is 1. The number of hydrogen-bond acceptors (Lipinski definition) is 5. The Bertz CT molecular complexity index is 700. The van der Waals surface area contributed by atoms with Gasteiger partial charge in [0.25, 0.3) is 0 Å². The number of rotatable bonds is 6. The standard InChI is InChI=1S/C16H25N3O5S/c1-4-7-17-16(20)18-8-10-19(11-9-18)25(21,22)15-12-13(23-2)5-6-14(15)24-3/h5-6,12H,4,7-11H2,1-3H3,(H,17,20). The van der Waals surface area contributed by atoms with E-state index in [1.807, 2.05) is 6.92 Å². The Kier molecular flexibility index (Phi) is 6.49. The number of benzene rings is 1. The summed E-state index contributed by atoms with van der Waals surface area (Å²) in [5, 5.41) is 2.80. The molecular weight excluding hydrogens is 346 g/mol. The molecule has 8 nitrogen and oxygen atoms in total. The SMILES string of the molecule is CCCNC(=O)N1CCN(S(=O)(=O)c2cc(OC)ccc2OC)CC1. The predicted octanol–water partition coefficient (Wildman–Crippen LogP) is 1.13. The first kappa shape index (κ1) is 19.3. The maximum absolute atomic E-state index is 13.0. The molecule has 0 atom stereocenters. The van der Waals surface area contributed by atoms with Gasteiger partial charge in [-0.25, -0.2) is 13.2 Å². The van der Waals surface area contributed by atoms with E-state index < -0.39 is 10.0 Å². The molecule has 0 aliphatic carbocycles. The summed E-state index contributed by atoms with van der Waals surface area (Å²) < 4.78 is 37.6. The van der Waals surface area contributed by atoms with Gasteiger partial charge < -0.3 is 19.7 Å². The van der Waals surface area contributed by atoms with E-state index in [2.05, 4.69) is 5.32 Å². The first-order chi connectivity index (χ1) is 11.9. The molecule has 1 fully saturated rings. The van der Waals surface area contributed by atoms with Gasteiger partial charge in [0, 0.05) is 38.8 Å². The molecule has 1 aromatic rings. The lowest BCUT2D eigenvalue weighted by Gasteiger charge is -2.34. The molecule has 1 aromatic carbocycles. The van der Waals surface area contributed by atoms with Crippen LogP contribution in [0.2, 0.25) is 0 Å². The molecule has 0 unspecified atom stereocenters. The van der Waals surface area contributed by atoms with Gasteiger partial charge in [0.2, 0.25) is 10.0 Å². The van der Waals surface area contributed by atoms with Gasteiger partial charge in [-0.05, 0) is 18.6 Å². The van der Waals surface area contributed by atoms with E-state index in [0.717, 1.165) is 6.42 Å². The number of nitrogens with zero attached hydrogens (tertiary/aromatic N) is 2. The van der Waals surface area contributed by atoms with Crippen molar-refractivity contribution in [3.05, 3.63) is 18.2 Å². The van der Waals surface area contributed by atoms with Gasteiger partial charge in [-0.3, -0.25) is 0 Å². The zero-order valence-electron chi connectivity index (χ0n) is 14.8. The van der Waals surface area contributed by atoms with Crippen LogP contribution in [0.1, 0.15) is 13.3 Å². The zero-order valence-corrected chi connectivity index (χ0v) is 15.6. The molecule has 140 valence electrons. The van der Waals surface area contributed by atoms with E-state index in [1.165, 1.54) is 24.6 Å². The minimum Gasteiger partial charge on any atom is -0.497 e. The molecule has 0 radical (unpaired) electrons. The third kappa shape index (κ3) is 4.35. The molecule has 1 saturated heterocycles. The number of piperazine rings is 1. The maximum atomic E-state index is 13.0. The molecule has 1 heterocycles. The highest BCUT2D eigenvalue weighted by molar-refractivity contribution is 7.89. The summed E-state index contributed by atoms with van der Waals surface area (Å²) in [6.07, 6.45) is 0.857. The number of carbonyl (C=O) groups is 1. The van der Waals surface area contributed by atoms with Gasteiger partial charge in [0.05, 0.1) is 14.2 Å². The average molecular weight is 371 g/mol. The molecular formula is C16H25N3O5S. The molecule has 2 rings (SSSR count). The minimum absolute atomic E-state index is 0.0678. The van der Waals surface area contributed by atoms with Crippen LogP contribution in [0.4, 0.5) is 4.79 Å². The number of nitrogens with one attached hydrogen (secondary N) is 1. The fourth-order valence-corrected chi connectivity index (χ4v) is 4.19. The van der Waals surface area contributed by atoms with Gasteiger partial charge in [-0.15, -0.1) is 0 Å². The number of hydrogen-bond donors (Lipinski definition) is 1. The molecule has 25 heavy (non-hydrogen) atoms. The Morgan fingerprint density at radius 1 is 1.16 bits per heavy atom. The molecule has 0 bridgehead atoms. The van der Waals surface area contributed by atoms with Crippen molar-refractivity contribution in [3.63, 3.8) is 0 Å². The Morgan fingerprint density at radius 2 is 1.84 bits per heavy atom. The van der Waals surface area contributed by atoms with Crippen LogP contribution in [0, 0.1) is 0 Å². The van der Waals surface area contributed by atoms with Crippen LogP contribution >= 0.6 is 0 Å². The van der Waals surface area contributed by atoms with Crippen molar-refractivity contribution in [2.75, 3.05) is 46.9 Å². The Morgan fingerprint density at radius 3 is 2.40 bits per heavy atom.